The molecule has 98 valence electrons. The van der Waals surface area contributed by atoms with E-state index in [2.05, 4.69) is 39.7 Å². The maximum Gasteiger partial charge on any atom is 0.264 e. The van der Waals surface area contributed by atoms with E-state index in [1.54, 1.807) is 0 Å². The molecule has 1 fully saturated rings. The van der Waals surface area contributed by atoms with E-state index < -0.39 is 0 Å². The average Bonchev–Trinajstić information content (AvgIpc) is 3.24. The first-order valence-corrected chi connectivity index (χ1v) is 7.60. The van der Waals surface area contributed by atoms with Crippen LogP contribution in [0.5, 0.6) is 0 Å². The van der Waals surface area contributed by atoms with E-state index in [4.69, 9.17) is 4.98 Å². The first-order valence-electron chi connectivity index (χ1n) is 6.52. The van der Waals surface area contributed by atoms with Crippen LogP contribution in [0.1, 0.15) is 36.8 Å². The van der Waals surface area contributed by atoms with Crippen molar-refractivity contribution in [2.45, 2.75) is 31.6 Å². The third-order valence-corrected chi connectivity index (χ3v) is 4.91. The Morgan fingerprint density at radius 1 is 1.32 bits per heavy atom. The molecule has 1 aromatic heterocycles. The zero-order chi connectivity index (χ0) is 13.5. The fraction of sp³-hybridized carbons (Fsp3) is 0.333. The van der Waals surface area contributed by atoms with Gasteiger partial charge in [-0.2, -0.15) is 0 Å². The van der Waals surface area contributed by atoms with Crippen LogP contribution in [0, 0.1) is 3.57 Å². The second-order valence-corrected chi connectivity index (χ2v) is 6.06. The Morgan fingerprint density at radius 3 is 2.58 bits per heavy atom. The van der Waals surface area contributed by atoms with Crippen molar-refractivity contribution < 1.29 is 0 Å². The van der Waals surface area contributed by atoms with Gasteiger partial charge in [0.1, 0.15) is 5.82 Å². The number of benzene rings is 1. The monoisotopic (exact) mass is 366 g/mol. The highest BCUT2D eigenvalue weighted by atomic mass is 127. The number of hydrogen-bond donors (Lipinski definition) is 1. The van der Waals surface area contributed by atoms with Gasteiger partial charge in [-0.15, -0.1) is 0 Å². The third-order valence-electron chi connectivity index (χ3n) is 3.80. The number of nitrogens with one attached hydrogen (secondary N) is 1. The van der Waals surface area contributed by atoms with Gasteiger partial charge in [-0.25, -0.2) is 4.98 Å². The van der Waals surface area contributed by atoms with E-state index in [0.29, 0.717) is 3.57 Å². The number of aryl methyl sites for hydroxylation is 1. The average molecular weight is 366 g/mol. The van der Waals surface area contributed by atoms with Crippen LogP contribution in [0.2, 0.25) is 0 Å². The molecule has 0 atom stereocenters. The molecular formula is C15H15IN2O. The highest BCUT2D eigenvalue weighted by Gasteiger charge is 2.48. The quantitative estimate of drug-likeness (QED) is 0.849. The molecule has 0 unspecified atom stereocenters. The van der Waals surface area contributed by atoms with Gasteiger partial charge in [0.15, 0.2) is 0 Å². The smallest absolute Gasteiger partial charge is 0.264 e. The second kappa shape index (κ2) is 4.74. The van der Waals surface area contributed by atoms with Gasteiger partial charge in [0.05, 0.1) is 14.7 Å². The molecule has 1 N–H and O–H groups in total. The molecular weight excluding hydrogens is 351 g/mol. The predicted molar refractivity (Wildman–Crippen MR) is 83.4 cm³/mol. The summed E-state index contributed by atoms with van der Waals surface area (Å²) in [7, 11) is 0. The molecule has 0 bridgehead atoms. The van der Waals surface area contributed by atoms with Crippen LogP contribution in [0.15, 0.2) is 35.1 Å². The summed E-state index contributed by atoms with van der Waals surface area (Å²) >= 11 is 2.08. The Hall–Kier alpha value is -1.17. The van der Waals surface area contributed by atoms with Gasteiger partial charge in [-0.1, -0.05) is 37.3 Å². The van der Waals surface area contributed by atoms with E-state index >= 15 is 0 Å². The first kappa shape index (κ1) is 12.8. The van der Waals surface area contributed by atoms with Crippen LogP contribution in [0.4, 0.5) is 0 Å². The number of H-pyrrole nitrogens is 1. The maximum atomic E-state index is 12.0. The van der Waals surface area contributed by atoms with Gasteiger partial charge in [0.2, 0.25) is 0 Å². The lowest BCUT2D eigenvalue weighted by Crippen LogP contribution is -2.23. The van der Waals surface area contributed by atoms with Crippen LogP contribution < -0.4 is 5.56 Å². The molecule has 1 heterocycles. The Labute approximate surface area is 125 Å². The molecule has 0 spiro atoms. The van der Waals surface area contributed by atoms with E-state index in [0.717, 1.165) is 30.8 Å². The number of halogens is 1. The minimum atomic E-state index is -0.0608. The summed E-state index contributed by atoms with van der Waals surface area (Å²) in [4.78, 5) is 19.7. The summed E-state index contributed by atoms with van der Waals surface area (Å²) in [6.07, 6.45) is 2.91. The number of rotatable bonds is 3. The standard InChI is InChI=1S/C15H15IN2O/c1-2-11-12(16)13(19)18-14(17-11)15(8-9-15)10-6-4-3-5-7-10/h3-7H,2,8-9H2,1H3,(H,17,18,19). The fourth-order valence-electron chi connectivity index (χ4n) is 2.51. The van der Waals surface area contributed by atoms with Gasteiger partial charge in [-0.3, -0.25) is 4.79 Å². The van der Waals surface area contributed by atoms with Crippen LogP contribution in [-0.2, 0) is 11.8 Å². The normalized spacial score (nSPS) is 16.3. The lowest BCUT2D eigenvalue weighted by molar-refractivity contribution is 0.728. The zero-order valence-corrected chi connectivity index (χ0v) is 12.9. The number of hydrogen-bond acceptors (Lipinski definition) is 2. The number of nitrogens with zero attached hydrogens (tertiary/aromatic N) is 1. The highest BCUT2D eigenvalue weighted by molar-refractivity contribution is 14.1. The molecule has 1 aliphatic rings. The summed E-state index contributed by atoms with van der Waals surface area (Å²) < 4.78 is 0.715. The lowest BCUT2D eigenvalue weighted by Gasteiger charge is -2.16. The molecule has 19 heavy (non-hydrogen) atoms. The SMILES string of the molecule is CCc1nc(C2(c3ccccc3)CC2)[nH]c(=O)c1I. The highest BCUT2D eigenvalue weighted by Crippen LogP contribution is 2.51. The van der Waals surface area contributed by atoms with E-state index in [1.807, 2.05) is 25.1 Å². The molecule has 1 aliphatic carbocycles. The van der Waals surface area contributed by atoms with Crippen molar-refractivity contribution in [3.63, 3.8) is 0 Å². The number of aromatic nitrogens is 2. The Balaban J connectivity index is 2.13. The molecule has 1 saturated carbocycles. The topological polar surface area (TPSA) is 45.8 Å². The molecule has 0 saturated heterocycles. The summed E-state index contributed by atoms with van der Waals surface area (Å²) in [6.45, 7) is 2.04. The zero-order valence-electron chi connectivity index (χ0n) is 10.7. The molecule has 0 amide bonds. The van der Waals surface area contributed by atoms with Gasteiger partial charge in [0.25, 0.3) is 5.56 Å². The van der Waals surface area contributed by atoms with Gasteiger partial charge in [0, 0.05) is 0 Å². The van der Waals surface area contributed by atoms with Crippen molar-refractivity contribution in [2.75, 3.05) is 0 Å². The van der Waals surface area contributed by atoms with Crippen LogP contribution in [0.25, 0.3) is 0 Å². The molecule has 1 aromatic carbocycles. The third kappa shape index (κ3) is 2.12. The molecule has 4 heteroatoms. The first-order chi connectivity index (χ1) is 9.17. The Bertz CT molecular complexity index is 660. The van der Waals surface area contributed by atoms with E-state index in [1.165, 1.54) is 5.56 Å². The summed E-state index contributed by atoms with van der Waals surface area (Å²) in [6, 6.07) is 10.3. The Kier molecular flexibility index (Phi) is 3.20. The molecule has 2 aromatic rings. The Morgan fingerprint density at radius 2 is 2.00 bits per heavy atom. The van der Waals surface area contributed by atoms with Crippen LogP contribution >= 0.6 is 22.6 Å². The van der Waals surface area contributed by atoms with Gasteiger partial charge < -0.3 is 4.98 Å². The van der Waals surface area contributed by atoms with Crippen molar-refractivity contribution in [3.05, 3.63) is 61.3 Å². The predicted octanol–water partition coefficient (Wildman–Crippen LogP) is 3.02. The van der Waals surface area contributed by atoms with E-state index in [-0.39, 0.29) is 11.0 Å². The van der Waals surface area contributed by atoms with Crippen LogP contribution in [-0.4, -0.2) is 9.97 Å². The van der Waals surface area contributed by atoms with Crippen molar-refractivity contribution in [1.82, 2.24) is 9.97 Å². The van der Waals surface area contributed by atoms with Gasteiger partial charge >= 0.3 is 0 Å². The van der Waals surface area contributed by atoms with Gasteiger partial charge in [-0.05, 0) is 47.4 Å². The maximum absolute atomic E-state index is 12.0. The van der Waals surface area contributed by atoms with Crippen molar-refractivity contribution >= 4 is 22.6 Å². The van der Waals surface area contributed by atoms with Crippen LogP contribution in [0.3, 0.4) is 0 Å². The van der Waals surface area contributed by atoms with E-state index in [9.17, 15) is 4.79 Å². The molecule has 0 radical (unpaired) electrons. The lowest BCUT2D eigenvalue weighted by atomic mass is 9.95. The van der Waals surface area contributed by atoms with Crippen molar-refractivity contribution in [2.24, 2.45) is 0 Å². The largest absolute Gasteiger partial charge is 0.309 e. The summed E-state index contributed by atoms with van der Waals surface area (Å²) in [5, 5.41) is 0. The summed E-state index contributed by atoms with van der Waals surface area (Å²) in [5.41, 5.74) is 2.09. The van der Waals surface area contributed by atoms with Crippen molar-refractivity contribution in [1.29, 1.82) is 0 Å². The minimum Gasteiger partial charge on any atom is -0.309 e. The fourth-order valence-corrected chi connectivity index (χ4v) is 3.15. The number of aromatic amines is 1. The molecule has 0 aliphatic heterocycles. The molecule has 3 rings (SSSR count). The minimum absolute atomic E-state index is 0.00958. The molecule has 3 nitrogen and oxygen atoms in total. The second-order valence-electron chi connectivity index (χ2n) is 4.98. The summed E-state index contributed by atoms with van der Waals surface area (Å²) in [5.74, 6) is 0.834. The van der Waals surface area contributed by atoms with Crippen molar-refractivity contribution in [3.8, 4) is 0 Å².